The second kappa shape index (κ2) is 5.27. The first-order valence-corrected chi connectivity index (χ1v) is 9.21. The molecule has 8 heteroatoms. The minimum atomic E-state index is -4.57. The summed E-state index contributed by atoms with van der Waals surface area (Å²) in [6.07, 6.45) is 0.0387. The van der Waals surface area contributed by atoms with Gasteiger partial charge in [0.2, 0.25) is 5.91 Å². The summed E-state index contributed by atoms with van der Waals surface area (Å²) in [5.74, 6) is -1.34. The zero-order valence-corrected chi connectivity index (χ0v) is 13.8. The summed E-state index contributed by atoms with van der Waals surface area (Å²) < 4.78 is 35.3. The van der Waals surface area contributed by atoms with Crippen molar-refractivity contribution in [1.82, 2.24) is 4.98 Å². The van der Waals surface area contributed by atoms with Crippen LogP contribution in [0.2, 0.25) is 0 Å². The van der Waals surface area contributed by atoms with Gasteiger partial charge in [-0.1, -0.05) is 23.5 Å². The average Bonchev–Trinajstić information content (AvgIpc) is 2.96. The van der Waals surface area contributed by atoms with E-state index in [1.54, 1.807) is 0 Å². The third kappa shape index (κ3) is 2.85. The first-order chi connectivity index (χ1) is 10.2. The Morgan fingerprint density at radius 1 is 1.36 bits per heavy atom. The molecule has 1 aliphatic heterocycles. The number of carbonyl (C=O) groups excluding carboxylic acids is 1. The molecule has 2 heterocycles. The van der Waals surface area contributed by atoms with E-state index in [1.165, 1.54) is 16.2 Å². The molecule has 0 aliphatic carbocycles. The smallest absolute Gasteiger partial charge is 0.288 e. The van der Waals surface area contributed by atoms with Gasteiger partial charge in [0.15, 0.2) is 5.13 Å². The number of aryl methyl sites for hydroxylation is 2. The largest absolute Gasteiger partial charge is 0.302 e. The second-order valence-corrected chi connectivity index (χ2v) is 8.04. The van der Waals surface area contributed by atoms with Crippen LogP contribution in [0.25, 0.3) is 10.2 Å². The number of carbonyl (C=O) groups is 1. The van der Waals surface area contributed by atoms with Crippen molar-refractivity contribution in [2.24, 2.45) is 5.92 Å². The Labute approximate surface area is 132 Å². The molecule has 0 bridgehead atoms. The minimum absolute atomic E-state index is 0.0387. The molecule has 1 atom stereocenters. The maximum Gasteiger partial charge on any atom is 0.302 e. The van der Waals surface area contributed by atoms with Crippen molar-refractivity contribution < 1.29 is 17.1 Å². The Morgan fingerprint density at radius 2 is 2.05 bits per heavy atom. The SMILES string of the molecule is Cc1ccc(C)c2sc(N3CC(CS(=O)(=O)F)CC3=O)nc12. The lowest BCUT2D eigenvalue weighted by molar-refractivity contribution is -0.117. The first kappa shape index (κ1) is 15.4. The zero-order chi connectivity index (χ0) is 16.1. The topological polar surface area (TPSA) is 67.3 Å². The summed E-state index contributed by atoms with van der Waals surface area (Å²) in [6, 6.07) is 3.98. The van der Waals surface area contributed by atoms with Gasteiger partial charge in [0.1, 0.15) is 0 Å². The molecule has 1 aromatic heterocycles. The molecule has 1 unspecified atom stereocenters. The molecule has 0 spiro atoms. The van der Waals surface area contributed by atoms with Gasteiger partial charge >= 0.3 is 10.2 Å². The second-order valence-electron chi connectivity index (χ2n) is 5.65. The quantitative estimate of drug-likeness (QED) is 0.804. The summed E-state index contributed by atoms with van der Waals surface area (Å²) in [5, 5.41) is 0.552. The number of benzene rings is 1. The standard InChI is InChI=1S/C14H15FN2O3S2/c1-8-3-4-9(2)13-12(8)16-14(21-13)17-6-10(5-11(17)18)7-22(15,19)20/h3-4,10H,5-7H2,1-2H3. The number of hydrogen-bond acceptors (Lipinski definition) is 5. The fourth-order valence-corrected chi connectivity index (χ4v) is 4.65. The third-order valence-corrected chi connectivity index (χ3v) is 5.88. The molecule has 5 nitrogen and oxygen atoms in total. The van der Waals surface area contributed by atoms with Gasteiger partial charge in [-0.2, -0.15) is 8.42 Å². The number of fused-ring (bicyclic) bond motifs is 1. The van der Waals surface area contributed by atoms with Crippen LogP contribution in [0.15, 0.2) is 12.1 Å². The Morgan fingerprint density at radius 3 is 2.68 bits per heavy atom. The van der Waals surface area contributed by atoms with Gasteiger partial charge in [0, 0.05) is 18.9 Å². The first-order valence-electron chi connectivity index (χ1n) is 6.84. The number of nitrogens with zero attached hydrogens (tertiary/aromatic N) is 2. The van der Waals surface area contributed by atoms with Crippen molar-refractivity contribution in [1.29, 1.82) is 0 Å². The number of halogens is 1. The Bertz CT molecular complexity index is 821. The highest BCUT2D eigenvalue weighted by Crippen LogP contribution is 2.35. The van der Waals surface area contributed by atoms with Gasteiger partial charge < -0.3 is 0 Å². The lowest BCUT2D eigenvalue weighted by Crippen LogP contribution is -2.25. The fraction of sp³-hybridized carbons (Fsp3) is 0.429. The van der Waals surface area contributed by atoms with Crippen LogP contribution in [-0.2, 0) is 15.0 Å². The van der Waals surface area contributed by atoms with E-state index in [-0.39, 0.29) is 18.9 Å². The highest BCUT2D eigenvalue weighted by atomic mass is 32.3. The highest BCUT2D eigenvalue weighted by Gasteiger charge is 2.35. The van der Waals surface area contributed by atoms with E-state index < -0.39 is 21.9 Å². The van der Waals surface area contributed by atoms with Crippen LogP contribution < -0.4 is 4.90 Å². The number of rotatable bonds is 3. The van der Waals surface area contributed by atoms with Crippen molar-refractivity contribution in [3.8, 4) is 0 Å². The number of hydrogen-bond donors (Lipinski definition) is 0. The minimum Gasteiger partial charge on any atom is -0.288 e. The van der Waals surface area contributed by atoms with E-state index in [1.807, 2.05) is 26.0 Å². The molecule has 118 valence electrons. The normalized spacial score (nSPS) is 19.3. The van der Waals surface area contributed by atoms with Gasteiger partial charge in [-0.05, 0) is 25.0 Å². The van der Waals surface area contributed by atoms with Gasteiger partial charge in [0.05, 0.1) is 16.0 Å². The van der Waals surface area contributed by atoms with Crippen molar-refractivity contribution >= 4 is 42.8 Å². The van der Waals surface area contributed by atoms with E-state index >= 15 is 0 Å². The van der Waals surface area contributed by atoms with E-state index in [4.69, 9.17) is 0 Å². The van der Waals surface area contributed by atoms with Crippen molar-refractivity contribution in [2.45, 2.75) is 20.3 Å². The number of thiazole rings is 1. The van der Waals surface area contributed by atoms with Gasteiger partial charge in [0.25, 0.3) is 0 Å². The van der Waals surface area contributed by atoms with E-state index in [9.17, 15) is 17.1 Å². The molecule has 1 aromatic carbocycles. The molecule has 1 aliphatic rings. The van der Waals surface area contributed by atoms with Gasteiger partial charge in [-0.3, -0.25) is 9.69 Å². The van der Waals surface area contributed by atoms with Crippen LogP contribution in [0, 0.1) is 19.8 Å². The summed E-state index contributed by atoms with van der Waals surface area (Å²) in [7, 11) is -4.57. The van der Waals surface area contributed by atoms with E-state index in [0.717, 1.165) is 21.3 Å². The zero-order valence-electron chi connectivity index (χ0n) is 12.2. The van der Waals surface area contributed by atoms with Crippen molar-refractivity contribution in [2.75, 3.05) is 17.2 Å². The van der Waals surface area contributed by atoms with Crippen molar-refractivity contribution in [3.63, 3.8) is 0 Å². The van der Waals surface area contributed by atoms with Gasteiger partial charge in [-0.25, -0.2) is 4.98 Å². The molecule has 22 heavy (non-hydrogen) atoms. The van der Waals surface area contributed by atoms with Gasteiger partial charge in [-0.15, -0.1) is 3.89 Å². The number of amides is 1. The van der Waals surface area contributed by atoms with Crippen molar-refractivity contribution in [3.05, 3.63) is 23.3 Å². The molecule has 2 aromatic rings. The van der Waals surface area contributed by atoms with Crippen LogP contribution >= 0.6 is 11.3 Å². The highest BCUT2D eigenvalue weighted by molar-refractivity contribution is 7.86. The van der Waals surface area contributed by atoms with Crippen LogP contribution in [-0.4, -0.2) is 31.6 Å². The number of anilines is 1. The third-order valence-electron chi connectivity index (χ3n) is 3.80. The Balaban J connectivity index is 1.93. The molecule has 0 saturated carbocycles. The summed E-state index contributed by atoms with van der Waals surface area (Å²) in [4.78, 5) is 18.1. The Hall–Kier alpha value is -1.54. The molecule has 0 N–H and O–H groups in total. The van der Waals surface area contributed by atoms with E-state index in [0.29, 0.717) is 5.13 Å². The molecule has 3 rings (SSSR count). The predicted molar refractivity (Wildman–Crippen MR) is 84.4 cm³/mol. The molecular formula is C14H15FN2O3S2. The Kier molecular flexibility index (Phi) is 3.68. The molecule has 0 radical (unpaired) electrons. The average molecular weight is 342 g/mol. The number of aromatic nitrogens is 1. The maximum absolute atomic E-state index is 12.8. The molecule has 1 fully saturated rings. The monoisotopic (exact) mass is 342 g/mol. The van der Waals surface area contributed by atoms with E-state index in [2.05, 4.69) is 4.98 Å². The predicted octanol–water partition coefficient (Wildman–Crippen LogP) is 2.57. The summed E-state index contributed by atoms with van der Waals surface area (Å²) >= 11 is 1.41. The van der Waals surface area contributed by atoms with Crippen LogP contribution in [0.4, 0.5) is 9.02 Å². The summed E-state index contributed by atoms with van der Waals surface area (Å²) in [5.41, 5.74) is 2.96. The summed E-state index contributed by atoms with van der Waals surface area (Å²) in [6.45, 7) is 4.13. The van der Waals surface area contributed by atoms with Crippen LogP contribution in [0.5, 0.6) is 0 Å². The lowest BCUT2D eigenvalue weighted by atomic mass is 10.1. The fourth-order valence-electron chi connectivity index (χ4n) is 2.72. The molecule has 1 saturated heterocycles. The molecule has 1 amide bonds. The molecular weight excluding hydrogens is 327 g/mol. The lowest BCUT2D eigenvalue weighted by Gasteiger charge is -2.11. The maximum atomic E-state index is 12.8. The van der Waals surface area contributed by atoms with Crippen LogP contribution in [0.1, 0.15) is 17.5 Å². The van der Waals surface area contributed by atoms with Crippen LogP contribution in [0.3, 0.4) is 0 Å².